The fourth-order valence-electron chi connectivity index (χ4n) is 1.08. The molecule has 2 N–H and O–H groups in total. The lowest BCUT2D eigenvalue weighted by atomic mass is 10.2. The van der Waals surface area contributed by atoms with Gasteiger partial charge in [-0.2, -0.15) is 0 Å². The number of carbonyl (C=O) groups is 1. The molecular formula is C11H14N2O2. The molecule has 15 heavy (non-hydrogen) atoms. The monoisotopic (exact) mass is 206 g/mol. The number of aliphatic hydroxyl groups is 1. The van der Waals surface area contributed by atoms with Crippen molar-refractivity contribution in [2.24, 2.45) is 0 Å². The Morgan fingerprint density at radius 3 is 3.07 bits per heavy atom. The van der Waals surface area contributed by atoms with Crippen LogP contribution in [-0.2, 0) is 11.4 Å². The largest absolute Gasteiger partial charge is 0.392 e. The highest BCUT2D eigenvalue weighted by atomic mass is 16.3. The first-order valence-electron chi connectivity index (χ1n) is 4.68. The van der Waals surface area contributed by atoms with E-state index in [1.165, 1.54) is 6.92 Å². The van der Waals surface area contributed by atoms with Crippen LogP contribution in [0.25, 0.3) is 6.08 Å². The predicted octanol–water partition coefficient (Wildman–Crippen LogP) is 0.723. The van der Waals surface area contributed by atoms with Gasteiger partial charge in [0.05, 0.1) is 6.61 Å². The van der Waals surface area contributed by atoms with Crippen LogP contribution in [-0.4, -0.2) is 22.5 Å². The number of hydrogen-bond acceptors (Lipinski definition) is 3. The van der Waals surface area contributed by atoms with Crippen LogP contribution in [0.5, 0.6) is 0 Å². The Bertz CT molecular complexity index is 361. The van der Waals surface area contributed by atoms with E-state index in [4.69, 9.17) is 5.11 Å². The maximum atomic E-state index is 10.6. The van der Waals surface area contributed by atoms with Crippen molar-refractivity contribution in [3.63, 3.8) is 0 Å². The number of rotatable bonds is 4. The summed E-state index contributed by atoms with van der Waals surface area (Å²) in [5, 5.41) is 11.5. The molecular weight excluding hydrogens is 192 g/mol. The number of amides is 1. The molecule has 0 radical (unpaired) electrons. The van der Waals surface area contributed by atoms with Crippen LogP contribution in [0.2, 0.25) is 0 Å². The highest BCUT2D eigenvalue weighted by molar-refractivity contribution is 5.73. The summed E-state index contributed by atoms with van der Waals surface area (Å²) >= 11 is 0. The molecule has 4 heteroatoms. The number of carbonyl (C=O) groups excluding carboxylic acids is 1. The van der Waals surface area contributed by atoms with Crippen LogP contribution in [0.1, 0.15) is 18.1 Å². The first-order valence-corrected chi connectivity index (χ1v) is 4.68. The van der Waals surface area contributed by atoms with E-state index in [1.54, 1.807) is 12.4 Å². The Balaban J connectivity index is 2.52. The maximum Gasteiger partial charge on any atom is 0.217 e. The summed E-state index contributed by atoms with van der Waals surface area (Å²) in [4.78, 5) is 14.5. The average molecular weight is 206 g/mol. The van der Waals surface area contributed by atoms with Crippen molar-refractivity contribution in [3.05, 3.63) is 35.7 Å². The molecule has 1 heterocycles. The van der Waals surface area contributed by atoms with Crippen molar-refractivity contribution in [2.75, 3.05) is 6.54 Å². The molecule has 80 valence electrons. The predicted molar refractivity (Wildman–Crippen MR) is 57.9 cm³/mol. The quantitative estimate of drug-likeness (QED) is 0.763. The molecule has 0 aliphatic carbocycles. The second-order valence-corrected chi connectivity index (χ2v) is 3.12. The molecule has 0 aliphatic heterocycles. The van der Waals surface area contributed by atoms with Crippen LogP contribution < -0.4 is 5.32 Å². The molecule has 0 fully saturated rings. The zero-order valence-corrected chi connectivity index (χ0v) is 8.60. The van der Waals surface area contributed by atoms with Gasteiger partial charge in [-0.05, 0) is 17.2 Å². The van der Waals surface area contributed by atoms with E-state index in [9.17, 15) is 4.79 Å². The Morgan fingerprint density at radius 2 is 2.40 bits per heavy atom. The fourth-order valence-corrected chi connectivity index (χ4v) is 1.08. The van der Waals surface area contributed by atoms with Crippen molar-refractivity contribution in [1.29, 1.82) is 0 Å². The SMILES string of the molecule is CC(=O)NCC=Cc1cncc(CO)c1. The summed E-state index contributed by atoms with van der Waals surface area (Å²) in [6.07, 6.45) is 7.00. The lowest BCUT2D eigenvalue weighted by Crippen LogP contribution is -2.19. The number of hydrogen-bond donors (Lipinski definition) is 2. The van der Waals surface area contributed by atoms with Gasteiger partial charge in [0.25, 0.3) is 0 Å². The molecule has 0 saturated carbocycles. The zero-order chi connectivity index (χ0) is 11.1. The van der Waals surface area contributed by atoms with Crippen molar-refractivity contribution in [2.45, 2.75) is 13.5 Å². The molecule has 1 rings (SSSR count). The van der Waals surface area contributed by atoms with Gasteiger partial charge in [0.1, 0.15) is 0 Å². The molecule has 1 aromatic heterocycles. The van der Waals surface area contributed by atoms with Gasteiger partial charge in [-0.1, -0.05) is 12.2 Å². The van der Waals surface area contributed by atoms with Crippen LogP contribution >= 0.6 is 0 Å². The first kappa shape index (κ1) is 11.4. The van der Waals surface area contributed by atoms with E-state index < -0.39 is 0 Å². The minimum absolute atomic E-state index is 0.0135. The van der Waals surface area contributed by atoms with Crippen LogP contribution in [0, 0.1) is 0 Å². The average Bonchev–Trinajstić information content (AvgIpc) is 2.24. The minimum atomic E-state index is -0.0538. The Hall–Kier alpha value is -1.68. The van der Waals surface area contributed by atoms with Crippen molar-refractivity contribution in [3.8, 4) is 0 Å². The van der Waals surface area contributed by atoms with Gasteiger partial charge >= 0.3 is 0 Å². The van der Waals surface area contributed by atoms with Crippen LogP contribution in [0.15, 0.2) is 24.5 Å². The number of pyridine rings is 1. The molecule has 0 aliphatic rings. The molecule has 1 aromatic rings. The second-order valence-electron chi connectivity index (χ2n) is 3.12. The van der Waals surface area contributed by atoms with E-state index in [1.807, 2.05) is 18.2 Å². The minimum Gasteiger partial charge on any atom is -0.392 e. The summed E-state index contributed by atoms with van der Waals surface area (Å²) in [5.41, 5.74) is 1.68. The van der Waals surface area contributed by atoms with E-state index in [2.05, 4.69) is 10.3 Å². The van der Waals surface area contributed by atoms with Crippen molar-refractivity contribution in [1.82, 2.24) is 10.3 Å². The molecule has 0 saturated heterocycles. The lowest BCUT2D eigenvalue weighted by Gasteiger charge is -1.97. The summed E-state index contributed by atoms with van der Waals surface area (Å²) in [6, 6.07) is 1.84. The van der Waals surface area contributed by atoms with Gasteiger partial charge in [0.15, 0.2) is 0 Å². The van der Waals surface area contributed by atoms with Gasteiger partial charge in [-0.25, -0.2) is 0 Å². The topological polar surface area (TPSA) is 62.2 Å². The summed E-state index contributed by atoms with van der Waals surface area (Å²) < 4.78 is 0. The lowest BCUT2D eigenvalue weighted by molar-refractivity contribution is -0.118. The highest BCUT2D eigenvalue weighted by Gasteiger charge is 1.92. The molecule has 0 bridgehead atoms. The van der Waals surface area contributed by atoms with Gasteiger partial charge < -0.3 is 10.4 Å². The first-order chi connectivity index (χ1) is 7.22. The van der Waals surface area contributed by atoms with Gasteiger partial charge in [0, 0.05) is 25.9 Å². The van der Waals surface area contributed by atoms with E-state index in [-0.39, 0.29) is 12.5 Å². The Kier molecular flexibility index (Phi) is 4.50. The molecule has 0 unspecified atom stereocenters. The number of aliphatic hydroxyl groups excluding tert-OH is 1. The second kappa shape index (κ2) is 5.93. The third-order valence-corrected chi connectivity index (χ3v) is 1.78. The molecule has 0 spiro atoms. The zero-order valence-electron chi connectivity index (χ0n) is 8.60. The standard InChI is InChI=1S/C11H14N2O2/c1-9(15)13-4-2-3-10-5-11(8-14)7-12-6-10/h2-3,5-7,14H,4,8H2,1H3,(H,13,15). The molecule has 1 amide bonds. The van der Waals surface area contributed by atoms with E-state index >= 15 is 0 Å². The third kappa shape index (κ3) is 4.37. The summed E-state index contributed by atoms with van der Waals surface area (Å²) in [5.74, 6) is -0.0538. The molecule has 0 aromatic carbocycles. The van der Waals surface area contributed by atoms with Crippen molar-refractivity contribution < 1.29 is 9.90 Å². The van der Waals surface area contributed by atoms with Crippen LogP contribution in [0.4, 0.5) is 0 Å². The Morgan fingerprint density at radius 1 is 1.60 bits per heavy atom. The number of aromatic nitrogens is 1. The maximum absolute atomic E-state index is 10.6. The smallest absolute Gasteiger partial charge is 0.217 e. The normalized spacial score (nSPS) is 10.5. The highest BCUT2D eigenvalue weighted by Crippen LogP contribution is 2.04. The fraction of sp³-hybridized carbons (Fsp3) is 0.273. The summed E-state index contributed by atoms with van der Waals surface area (Å²) in [6.45, 7) is 1.96. The number of nitrogens with zero attached hydrogens (tertiary/aromatic N) is 1. The van der Waals surface area contributed by atoms with E-state index in [0.29, 0.717) is 6.54 Å². The summed E-state index contributed by atoms with van der Waals surface area (Å²) in [7, 11) is 0. The van der Waals surface area contributed by atoms with Crippen molar-refractivity contribution >= 4 is 12.0 Å². The van der Waals surface area contributed by atoms with Gasteiger partial charge in [-0.3, -0.25) is 9.78 Å². The molecule has 0 atom stereocenters. The van der Waals surface area contributed by atoms with Crippen LogP contribution in [0.3, 0.4) is 0 Å². The van der Waals surface area contributed by atoms with E-state index in [0.717, 1.165) is 11.1 Å². The van der Waals surface area contributed by atoms with Gasteiger partial charge in [-0.15, -0.1) is 0 Å². The third-order valence-electron chi connectivity index (χ3n) is 1.78. The Labute approximate surface area is 88.7 Å². The number of nitrogens with one attached hydrogen (secondary N) is 1. The van der Waals surface area contributed by atoms with Gasteiger partial charge in [0.2, 0.25) is 5.91 Å². The molecule has 4 nitrogen and oxygen atoms in total.